The highest BCUT2D eigenvalue weighted by atomic mass is 32.2. The molecule has 130 valence electrons. The maximum absolute atomic E-state index is 13.0. The minimum atomic E-state index is -0.441. The fraction of sp³-hybridized carbons (Fsp3) is 0.556. The first kappa shape index (κ1) is 17.4. The average molecular weight is 349 g/mol. The third-order valence-electron chi connectivity index (χ3n) is 4.82. The van der Waals surface area contributed by atoms with Gasteiger partial charge in [0, 0.05) is 0 Å². The number of nitrogens with one attached hydrogen (secondary N) is 2. The molecular formula is C18H24FN3OS. The highest BCUT2D eigenvalue weighted by molar-refractivity contribution is 8.16. The second-order valence-electron chi connectivity index (χ2n) is 6.85. The molecule has 0 spiro atoms. The van der Waals surface area contributed by atoms with Gasteiger partial charge in [0.05, 0.1) is 10.8 Å². The lowest BCUT2D eigenvalue weighted by molar-refractivity contribution is -0.121. The molecule has 0 aliphatic carbocycles. The average Bonchev–Trinajstić information content (AvgIpc) is 2.82. The topological polar surface area (TPSA) is 53.5 Å². The van der Waals surface area contributed by atoms with E-state index in [9.17, 15) is 9.18 Å². The quantitative estimate of drug-likeness (QED) is 0.877. The Morgan fingerprint density at radius 1 is 1.33 bits per heavy atom. The molecule has 4 nitrogen and oxygen atoms in total. The van der Waals surface area contributed by atoms with Crippen molar-refractivity contribution in [3.63, 3.8) is 0 Å². The molecule has 1 aromatic rings. The van der Waals surface area contributed by atoms with Crippen LogP contribution in [0.5, 0.6) is 0 Å². The lowest BCUT2D eigenvalue weighted by Gasteiger charge is -2.28. The molecule has 2 aliphatic heterocycles. The fourth-order valence-corrected chi connectivity index (χ4v) is 4.58. The number of amides is 1. The number of carbonyl (C=O) groups excluding carboxylic acids is 1. The molecule has 6 heteroatoms. The Balaban J connectivity index is 1.67. The summed E-state index contributed by atoms with van der Waals surface area (Å²) < 4.78 is 12.6. The SMILES string of the molecule is C[C@H](N=C1NC(=O)C(C)(CC2CCNCC2)S1)c1ccc(F)cc1. The van der Waals surface area contributed by atoms with Crippen LogP contribution in [0, 0.1) is 11.7 Å². The first-order valence-electron chi connectivity index (χ1n) is 8.51. The first-order chi connectivity index (χ1) is 11.5. The number of nitrogens with zero attached hydrogens (tertiary/aromatic N) is 1. The lowest BCUT2D eigenvalue weighted by Crippen LogP contribution is -2.38. The van der Waals surface area contributed by atoms with Gasteiger partial charge in [0.1, 0.15) is 5.82 Å². The van der Waals surface area contributed by atoms with E-state index in [0.717, 1.165) is 37.9 Å². The normalized spacial score (nSPS) is 28.1. The van der Waals surface area contributed by atoms with Gasteiger partial charge in [0.2, 0.25) is 5.91 Å². The van der Waals surface area contributed by atoms with E-state index in [4.69, 9.17) is 0 Å². The van der Waals surface area contributed by atoms with Gasteiger partial charge in [-0.05, 0) is 69.8 Å². The number of hydrogen-bond acceptors (Lipinski definition) is 4. The molecule has 2 N–H and O–H groups in total. The van der Waals surface area contributed by atoms with Gasteiger partial charge in [-0.15, -0.1) is 0 Å². The van der Waals surface area contributed by atoms with Crippen molar-refractivity contribution in [3.05, 3.63) is 35.6 Å². The van der Waals surface area contributed by atoms with Crippen LogP contribution in [0.2, 0.25) is 0 Å². The van der Waals surface area contributed by atoms with Crippen LogP contribution >= 0.6 is 11.8 Å². The monoisotopic (exact) mass is 349 g/mol. The van der Waals surface area contributed by atoms with Crippen molar-refractivity contribution in [1.82, 2.24) is 10.6 Å². The Bertz CT molecular complexity index is 628. The number of amidine groups is 1. The summed E-state index contributed by atoms with van der Waals surface area (Å²) in [4.78, 5) is 17.1. The Hall–Kier alpha value is -1.40. The third kappa shape index (κ3) is 3.98. The molecular weight excluding hydrogens is 325 g/mol. The van der Waals surface area contributed by atoms with E-state index >= 15 is 0 Å². The van der Waals surface area contributed by atoms with Crippen molar-refractivity contribution in [2.45, 2.75) is 43.9 Å². The van der Waals surface area contributed by atoms with Crippen LogP contribution in [0.4, 0.5) is 4.39 Å². The molecule has 2 heterocycles. The largest absolute Gasteiger partial charge is 0.317 e. The summed E-state index contributed by atoms with van der Waals surface area (Å²) in [7, 11) is 0. The Morgan fingerprint density at radius 3 is 2.67 bits per heavy atom. The maximum atomic E-state index is 13.0. The highest BCUT2D eigenvalue weighted by Crippen LogP contribution is 2.39. The number of piperidine rings is 1. The van der Waals surface area contributed by atoms with Crippen molar-refractivity contribution >= 4 is 22.8 Å². The summed E-state index contributed by atoms with van der Waals surface area (Å²) in [6, 6.07) is 6.23. The van der Waals surface area contributed by atoms with E-state index in [1.165, 1.54) is 23.9 Å². The smallest absolute Gasteiger partial charge is 0.242 e. The summed E-state index contributed by atoms with van der Waals surface area (Å²) in [5, 5.41) is 6.97. The van der Waals surface area contributed by atoms with Crippen LogP contribution in [0.25, 0.3) is 0 Å². The van der Waals surface area contributed by atoms with E-state index < -0.39 is 4.75 Å². The standard InChI is InChI=1S/C18H24FN3OS/c1-12(14-3-5-15(19)6-4-14)21-17-22-16(23)18(2,24-17)11-13-7-9-20-10-8-13/h3-6,12-13,20H,7-11H2,1-2H3,(H,21,22,23)/t12-,18?/m0/s1. The molecule has 0 aromatic heterocycles. The highest BCUT2D eigenvalue weighted by Gasteiger charge is 2.44. The van der Waals surface area contributed by atoms with E-state index in [-0.39, 0.29) is 17.8 Å². The maximum Gasteiger partial charge on any atom is 0.242 e. The Morgan fingerprint density at radius 2 is 2.00 bits per heavy atom. The third-order valence-corrected chi connectivity index (χ3v) is 6.03. The fourth-order valence-electron chi connectivity index (χ4n) is 3.34. The number of thioether (sulfide) groups is 1. The Labute approximate surface area is 146 Å². The van der Waals surface area contributed by atoms with Gasteiger partial charge in [-0.1, -0.05) is 23.9 Å². The zero-order valence-electron chi connectivity index (χ0n) is 14.1. The summed E-state index contributed by atoms with van der Waals surface area (Å²) in [6.07, 6.45) is 3.14. The van der Waals surface area contributed by atoms with Gasteiger partial charge in [0.25, 0.3) is 0 Å². The van der Waals surface area contributed by atoms with Gasteiger partial charge in [-0.25, -0.2) is 4.39 Å². The van der Waals surface area contributed by atoms with Crippen molar-refractivity contribution in [2.75, 3.05) is 13.1 Å². The molecule has 3 rings (SSSR count). The summed E-state index contributed by atoms with van der Waals surface area (Å²) in [6.45, 7) is 6.04. The van der Waals surface area contributed by atoms with Crippen molar-refractivity contribution in [3.8, 4) is 0 Å². The molecule has 0 saturated carbocycles. The van der Waals surface area contributed by atoms with Crippen LogP contribution in [-0.4, -0.2) is 28.9 Å². The van der Waals surface area contributed by atoms with Crippen LogP contribution in [-0.2, 0) is 4.79 Å². The summed E-state index contributed by atoms with van der Waals surface area (Å²) in [5.74, 6) is 0.385. The van der Waals surface area contributed by atoms with Gasteiger partial charge >= 0.3 is 0 Å². The zero-order chi connectivity index (χ0) is 17.2. The van der Waals surface area contributed by atoms with Gasteiger partial charge in [-0.3, -0.25) is 9.79 Å². The molecule has 1 unspecified atom stereocenters. The number of aliphatic imine (C=N–C) groups is 1. The lowest BCUT2D eigenvalue weighted by atomic mass is 9.87. The van der Waals surface area contributed by atoms with Crippen molar-refractivity contribution in [2.24, 2.45) is 10.9 Å². The zero-order valence-corrected chi connectivity index (χ0v) is 15.0. The van der Waals surface area contributed by atoms with Crippen molar-refractivity contribution < 1.29 is 9.18 Å². The van der Waals surface area contributed by atoms with E-state index in [1.54, 1.807) is 12.1 Å². The predicted molar refractivity (Wildman–Crippen MR) is 96.6 cm³/mol. The molecule has 1 aromatic carbocycles. The van der Waals surface area contributed by atoms with Crippen LogP contribution in [0.3, 0.4) is 0 Å². The van der Waals surface area contributed by atoms with Gasteiger partial charge in [-0.2, -0.15) is 0 Å². The predicted octanol–water partition coefficient (Wildman–Crippen LogP) is 3.25. The van der Waals surface area contributed by atoms with Crippen molar-refractivity contribution in [1.29, 1.82) is 0 Å². The molecule has 2 fully saturated rings. The number of halogens is 1. The van der Waals surface area contributed by atoms with Gasteiger partial charge < -0.3 is 10.6 Å². The van der Waals surface area contributed by atoms with Crippen LogP contribution < -0.4 is 10.6 Å². The Kier molecular flexibility index (Phi) is 5.25. The number of rotatable bonds is 4. The number of hydrogen-bond donors (Lipinski definition) is 2. The molecule has 0 radical (unpaired) electrons. The van der Waals surface area contributed by atoms with E-state index in [1.807, 2.05) is 13.8 Å². The van der Waals surface area contributed by atoms with Crippen LogP contribution in [0.1, 0.15) is 44.7 Å². The second-order valence-corrected chi connectivity index (χ2v) is 8.34. The molecule has 0 bridgehead atoms. The minimum Gasteiger partial charge on any atom is -0.317 e. The molecule has 1 amide bonds. The van der Waals surface area contributed by atoms with Gasteiger partial charge in [0.15, 0.2) is 5.17 Å². The van der Waals surface area contributed by atoms with E-state index in [2.05, 4.69) is 15.6 Å². The molecule has 2 aliphatic rings. The number of benzene rings is 1. The first-order valence-corrected chi connectivity index (χ1v) is 9.32. The van der Waals surface area contributed by atoms with Crippen LogP contribution in [0.15, 0.2) is 29.3 Å². The molecule has 2 atom stereocenters. The number of carbonyl (C=O) groups is 1. The minimum absolute atomic E-state index is 0.0519. The second kappa shape index (κ2) is 7.23. The van der Waals surface area contributed by atoms with E-state index in [0.29, 0.717) is 11.1 Å². The summed E-state index contributed by atoms with van der Waals surface area (Å²) in [5.41, 5.74) is 0.936. The molecule has 24 heavy (non-hydrogen) atoms. The summed E-state index contributed by atoms with van der Waals surface area (Å²) >= 11 is 1.54. The molecule has 2 saturated heterocycles.